The molecule has 0 bridgehead atoms. The van der Waals surface area contributed by atoms with Crippen LogP contribution >= 0.6 is 0 Å². The Labute approximate surface area is 208 Å². The van der Waals surface area contributed by atoms with Gasteiger partial charge in [0.1, 0.15) is 0 Å². The molecule has 2 fully saturated rings. The van der Waals surface area contributed by atoms with Crippen LogP contribution < -0.4 is 9.62 Å². The van der Waals surface area contributed by atoms with Crippen molar-refractivity contribution in [2.24, 2.45) is 5.92 Å². The maximum atomic E-state index is 13.1. The van der Waals surface area contributed by atoms with Crippen molar-refractivity contribution in [3.8, 4) is 0 Å². The van der Waals surface area contributed by atoms with Gasteiger partial charge in [-0.15, -0.1) is 0 Å². The van der Waals surface area contributed by atoms with Crippen LogP contribution in [0.3, 0.4) is 0 Å². The van der Waals surface area contributed by atoms with Crippen LogP contribution in [0.4, 0.5) is 11.4 Å². The number of rotatable bonds is 7. The number of aryl methyl sites for hydroxylation is 2. The molecule has 0 spiro atoms. The molecule has 7 nitrogen and oxygen atoms in total. The third kappa shape index (κ3) is 5.48. The van der Waals surface area contributed by atoms with E-state index in [4.69, 9.17) is 0 Å². The summed E-state index contributed by atoms with van der Waals surface area (Å²) in [5, 5.41) is 9.95. The lowest BCUT2D eigenvalue weighted by Crippen LogP contribution is -2.41. The number of anilines is 2. The molecule has 0 unspecified atom stereocenters. The average Bonchev–Trinajstić information content (AvgIpc) is 3.36. The van der Waals surface area contributed by atoms with Crippen LogP contribution in [0, 0.1) is 5.92 Å². The fraction of sp³-hybridized carbons (Fsp3) is 0.519. The van der Waals surface area contributed by atoms with Crippen LogP contribution in [-0.4, -0.2) is 57.1 Å². The van der Waals surface area contributed by atoms with E-state index in [0.717, 1.165) is 76.8 Å². The molecule has 5 rings (SSSR count). The molecule has 0 amide bonds. The van der Waals surface area contributed by atoms with E-state index in [0.29, 0.717) is 11.6 Å². The zero-order chi connectivity index (χ0) is 24.4. The molecule has 2 N–H and O–H groups in total. The standard InChI is InChI=1S/C27H35N3O4S/c31-27(32)25-17-23(28-35(33,34)24-11-9-21-7-1-2-8-22(21)16-24)10-12-26(25)30-15-5-6-20(19-30)18-29-13-3-4-14-29/h9-12,16-17,20,28H,1-8,13-15,18-19H2,(H,31,32)/t20-/m1/s1. The largest absolute Gasteiger partial charge is 0.478 e. The number of hydrogen-bond acceptors (Lipinski definition) is 5. The summed E-state index contributed by atoms with van der Waals surface area (Å²) in [4.78, 5) is 17.1. The van der Waals surface area contributed by atoms with E-state index in [1.165, 1.54) is 24.5 Å². The van der Waals surface area contributed by atoms with Gasteiger partial charge in [0.05, 0.1) is 16.1 Å². The number of nitrogens with zero attached hydrogens (tertiary/aromatic N) is 2. The van der Waals surface area contributed by atoms with Gasteiger partial charge >= 0.3 is 5.97 Å². The maximum absolute atomic E-state index is 13.1. The van der Waals surface area contributed by atoms with Gasteiger partial charge in [-0.3, -0.25) is 4.72 Å². The lowest BCUT2D eigenvalue weighted by Gasteiger charge is -2.36. The lowest BCUT2D eigenvalue weighted by molar-refractivity contribution is 0.0697. The van der Waals surface area contributed by atoms with Crippen molar-refractivity contribution < 1.29 is 18.3 Å². The minimum atomic E-state index is -3.81. The molecular formula is C27H35N3O4S. The number of likely N-dealkylation sites (tertiary alicyclic amines) is 1. The maximum Gasteiger partial charge on any atom is 0.337 e. The zero-order valence-corrected chi connectivity index (χ0v) is 21.0. The molecule has 35 heavy (non-hydrogen) atoms. The predicted molar refractivity (Wildman–Crippen MR) is 138 cm³/mol. The Hall–Kier alpha value is -2.58. The Morgan fingerprint density at radius 1 is 0.943 bits per heavy atom. The molecular weight excluding hydrogens is 462 g/mol. The van der Waals surface area contributed by atoms with Crippen LogP contribution in [0.2, 0.25) is 0 Å². The van der Waals surface area contributed by atoms with E-state index >= 15 is 0 Å². The van der Waals surface area contributed by atoms with Gasteiger partial charge in [-0.05, 0) is 112 Å². The summed E-state index contributed by atoms with van der Waals surface area (Å²) >= 11 is 0. The highest BCUT2D eigenvalue weighted by Gasteiger charge is 2.27. The number of sulfonamides is 1. The summed E-state index contributed by atoms with van der Waals surface area (Å²) in [7, 11) is -3.81. The second kappa shape index (κ2) is 10.2. The Morgan fingerprint density at radius 3 is 2.49 bits per heavy atom. The molecule has 2 aromatic rings. The zero-order valence-electron chi connectivity index (χ0n) is 20.2. The highest BCUT2D eigenvalue weighted by Crippen LogP contribution is 2.31. The van der Waals surface area contributed by atoms with Crippen LogP contribution in [0.25, 0.3) is 0 Å². The summed E-state index contributed by atoms with van der Waals surface area (Å²) < 4.78 is 28.8. The summed E-state index contributed by atoms with van der Waals surface area (Å²) in [5.74, 6) is -0.526. The first-order valence-corrected chi connectivity index (χ1v) is 14.4. The van der Waals surface area contributed by atoms with Gasteiger partial charge in [0.2, 0.25) is 0 Å². The van der Waals surface area contributed by atoms with E-state index in [1.807, 2.05) is 6.07 Å². The van der Waals surface area contributed by atoms with Crippen molar-refractivity contribution in [1.29, 1.82) is 0 Å². The van der Waals surface area contributed by atoms with Crippen LogP contribution in [-0.2, 0) is 22.9 Å². The monoisotopic (exact) mass is 497 g/mol. The average molecular weight is 498 g/mol. The molecule has 2 heterocycles. The second-order valence-electron chi connectivity index (χ2n) is 10.2. The number of aromatic carboxylic acids is 1. The van der Waals surface area contributed by atoms with E-state index in [1.54, 1.807) is 24.3 Å². The fourth-order valence-corrected chi connectivity index (χ4v) is 7.00. The number of carboxylic acids is 1. The van der Waals surface area contributed by atoms with E-state index in [9.17, 15) is 18.3 Å². The Bertz CT molecular complexity index is 1190. The minimum absolute atomic E-state index is 0.137. The van der Waals surface area contributed by atoms with Gasteiger partial charge in [-0.2, -0.15) is 0 Å². The third-order valence-electron chi connectivity index (χ3n) is 7.68. The molecule has 0 radical (unpaired) electrons. The van der Waals surface area contributed by atoms with Crippen molar-refractivity contribution >= 4 is 27.4 Å². The molecule has 188 valence electrons. The van der Waals surface area contributed by atoms with Gasteiger partial charge < -0.3 is 14.9 Å². The van der Waals surface area contributed by atoms with Crippen molar-refractivity contribution in [3.05, 3.63) is 53.1 Å². The van der Waals surface area contributed by atoms with Gasteiger partial charge in [-0.25, -0.2) is 13.2 Å². The molecule has 2 saturated heterocycles. The number of piperidine rings is 1. The molecule has 0 saturated carbocycles. The van der Waals surface area contributed by atoms with Gasteiger partial charge in [0.15, 0.2) is 0 Å². The first-order chi connectivity index (χ1) is 16.9. The number of benzene rings is 2. The molecule has 3 aliphatic rings. The summed E-state index contributed by atoms with van der Waals surface area (Å²) in [6.45, 7) is 5.04. The normalized spacial score (nSPS) is 21.0. The summed E-state index contributed by atoms with van der Waals surface area (Å²) in [6, 6.07) is 10.2. The Morgan fingerprint density at radius 2 is 1.71 bits per heavy atom. The lowest BCUT2D eigenvalue weighted by atomic mass is 9.92. The molecule has 2 aliphatic heterocycles. The van der Waals surface area contributed by atoms with Gasteiger partial charge in [-0.1, -0.05) is 6.07 Å². The third-order valence-corrected chi connectivity index (χ3v) is 9.06. The number of fused-ring (bicyclic) bond motifs is 1. The van der Waals surface area contributed by atoms with Crippen molar-refractivity contribution in [2.45, 2.75) is 56.3 Å². The minimum Gasteiger partial charge on any atom is -0.478 e. The SMILES string of the molecule is O=C(O)c1cc(NS(=O)(=O)c2ccc3c(c2)CCCC3)ccc1N1CCC[C@H](CN2CCCC2)C1. The fourth-order valence-electron chi connectivity index (χ4n) is 5.90. The van der Waals surface area contributed by atoms with Crippen molar-refractivity contribution in [3.63, 3.8) is 0 Å². The number of hydrogen-bond donors (Lipinski definition) is 2. The Balaban J connectivity index is 1.34. The van der Waals surface area contributed by atoms with Gasteiger partial charge in [0.25, 0.3) is 10.0 Å². The Kier molecular flexibility index (Phi) is 7.02. The highest BCUT2D eigenvalue weighted by molar-refractivity contribution is 7.92. The number of nitrogens with one attached hydrogen (secondary N) is 1. The predicted octanol–water partition coefficient (Wildman–Crippen LogP) is 4.38. The highest BCUT2D eigenvalue weighted by atomic mass is 32.2. The number of carbonyl (C=O) groups is 1. The first kappa shape index (κ1) is 24.1. The van der Waals surface area contributed by atoms with E-state index in [2.05, 4.69) is 14.5 Å². The van der Waals surface area contributed by atoms with Crippen LogP contribution in [0.1, 0.15) is 60.0 Å². The molecule has 8 heteroatoms. The number of carboxylic acid groups (broad SMARTS) is 1. The molecule has 1 aliphatic carbocycles. The van der Waals surface area contributed by atoms with Gasteiger partial charge in [0, 0.05) is 25.3 Å². The second-order valence-corrected chi connectivity index (χ2v) is 11.9. The molecule has 0 aromatic heterocycles. The van der Waals surface area contributed by atoms with E-state index < -0.39 is 16.0 Å². The molecule has 2 aromatic carbocycles. The summed E-state index contributed by atoms with van der Waals surface area (Å²) in [5.41, 5.74) is 3.39. The molecule has 1 atom stereocenters. The van der Waals surface area contributed by atoms with Crippen molar-refractivity contribution in [2.75, 3.05) is 42.3 Å². The smallest absolute Gasteiger partial charge is 0.337 e. The van der Waals surface area contributed by atoms with E-state index in [-0.39, 0.29) is 16.1 Å². The first-order valence-electron chi connectivity index (χ1n) is 12.9. The van der Waals surface area contributed by atoms with Crippen LogP contribution in [0.5, 0.6) is 0 Å². The summed E-state index contributed by atoms with van der Waals surface area (Å²) in [6.07, 6.45) is 8.82. The van der Waals surface area contributed by atoms with Crippen LogP contribution in [0.15, 0.2) is 41.3 Å². The van der Waals surface area contributed by atoms with Crippen molar-refractivity contribution in [1.82, 2.24) is 4.90 Å². The topological polar surface area (TPSA) is 89.9 Å². The quantitative estimate of drug-likeness (QED) is 0.590.